The maximum absolute atomic E-state index is 15.5. The molecule has 14 heteroatoms. The second-order valence-electron chi connectivity index (χ2n) is 8.49. The number of hydrogen-bond acceptors (Lipinski definition) is 12. The van der Waals surface area contributed by atoms with Crippen LogP contribution < -0.4 is 5.32 Å². The summed E-state index contributed by atoms with van der Waals surface area (Å²) in [6.45, 7) is 6.34. The predicted octanol–water partition coefficient (Wildman–Crippen LogP) is 0.601. The van der Waals surface area contributed by atoms with E-state index in [9.17, 15) is 24.0 Å². The molecular formula is C22H34FNO12. The minimum absolute atomic E-state index is 0.0666. The van der Waals surface area contributed by atoms with Gasteiger partial charge in [-0.15, -0.1) is 0 Å². The van der Waals surface area contributed by atoms with E-state index in [4.69, 9.17) is 33.2 Å². The number of alkyl halides is 1. The van der Waals surface area contributed by atoms with Crippen molar-refractivity contribution in [2.24, 2.45) is 0 Å². The molecule has 0 aliphatic carbocycles. The van der Waals surface area contributed by atoms with E-state index in [0.717, 1.165) is 27.7 Å². The van der Waals surface area contributed by atoms with Crippen molar-refractivity contribution in [1.29, 1.82) is 0 Å². The van der Waals surface area contributed by atoms with Gasteiger partial charge in [0.2, 0.25) is 0 Å². The second kappa shape index (κ2) is 13.9. The van der Waals surface area contributed by atoms with Crippen molar-refractivity contribution in [3.63, 3.8) is 0 Å². The Morgan fingerprint density at radius 2 is 1.53 bits per heavy atom. The highest BCUT2D eigenvalue weighted by Gasteiger charge is 2.57. The molecule has 6 atom stereocenters. The average Bonchev–Trinajstić information content (AvgIpc) is 2.74. The quantitative estimate of drug-likeness (QED) is 0.228. The minimum atomic E-state index is -1.96. The van der Waals surface area contributed by atoms with Crippen LogP contribution in [-0.2, 0) is 52.3 Å². The predicted molar refractivity (Wildman–Crippen MR) is 117 cm³/mol. The zero-order chi connectivity index (χ0) is 27.6. The highest BCUT2D eigenvalue weighted by atomic mass is 19.1. The molecule has 36 heavy (non-hydrogen) atoms. The van der Waals surface area contributed by atoms with Crippen molar-refractivity contribution in [1.82, 2.24) is 5.32 Å². The van der Waals surface area contributed by atoms with Crippen LogP contribution >= 0.6 is 0 Å². The highest BCUT2D eigenvalue weighted by Crippen LogP contribution is 2.36. The number of amides is 1. The Morgan fingerprint density at radius 1 is 0.917 bits per heavy atom. The number of carbonyl (C=O) groups is 5. The number of alkyl carbamates (subject to hydrolysis) is 1. The third kappa shape index (κ3) is 9.57. The lowest BCUT2D eigenvalue weighted by molar-refractivity contribution is -0.250. The largest absolute Gasteiger partial charge is 0.462 e. The van der Waals surface area contributed by atoms with Gasteiger partial charge in [-0.3, -0.25) is 19.2 Å². The van der Waals surface area contributed by atoms with Crippen molar-refractivity contribution in [2.75, 3.05) is 26.9 Å². The number of hydrogen-bond donors (Lipinski definition) is 1. The third-order valence-electron chi connectivity index (χ3n) is 4.97. The number of esters is 4. The second-order valence-corrected chi connectivity index (χ2v) is 8.49. The van der Waals surface area contributed by atoms with Gasteiger partial charge in [0.05, 0.1) is 12.2 Å². The molecule has 0 aromatic carbocycles. The van der Waals surface area contributed by atoms with Crippen LogP contribution in [0.1, 0.15) is 41.5 Å². The van der Waals surface area contributed by atoms with Gasteiger partial charge in [-0.1, -0.05) is 0 Å². The topological polar surface area (TPSA) is 162 Å². The van der Waals surface area contributed by atoms with Crippen LogP contribution in [0.4, 0.5) is 9.18 Å². The van der Waals surface area contributed by atoms with E-state index in [1.807, 2.05) is 0 Å². The molecule has 4 unspecified atom stereocenters. The molecule has 1 aliphatic rings. The van der Waals surface area contributed by atoms with Gasteiger partial charge in [0.25, 0.3) is 0 Å². The minimum Gasteiger partial charge on any atom is -0.462 e. The van der Waals surface area contributed by atoms with Crippen molar-refractivity contribution in [3.8, 4) is 0 Å². The summed E-state index contributed by atoms with van der Waals surface area (Å²) in [5.41, 5.74) is -1.64. The van der Waals surface area contributed by atoms with Crippen molar-refractivity contribution in [2.45, 2.75) is 83.8 Å². The van der Waals surface area contributed by atoms with Crippen LogP contribution in [0.15, 0.2) is 0 Å². The maximum atomic E-state index is 15.5. The lowest BCUT2D eigenvalue weighted by Crippen LogP contribution is -2.70. The summed E-state index contributed by atoms with van der Waals surface area (Å²) in [7, 11) is 1.39. The molecule has 1 fully saturated rings. The molecule has 0 radical (unpaired) electrons. The Labute approximate surface area is 208 Å². The first kappa shape index (κ1) is 31.0. The molecule has 0 aromatic heterocycles. The Hall–Kier alpha value is -3.00. The summed E-state index contributed by atoms with van der Waals surface area (Å²) in [6, 6.07) is -1.49. The lowest BCUT2D eigenvalue weighted by Gasteiger charge is -2.49. The van der Waals surface area contributed by atoms with E-state index in [2.05, 4.69) is 5.32 Å². The summed E-state index contributed by atoms with van der Waals surface area (Å²) in [4.78, 5) is 59.5. The molecule has 0 spiro atoms. The van der Waals surface area contributed by atoms with Crippen molar-refractivity contribution in [3.05, 3.63) is 0 Å². The lowest BCUT2D eigenvalue weighted by atomic mass is 9.83. The first-order chi connectivity index (χ1) is 16.7. The molecule has 13 nitrogen and oxygen atoms in total. The molecule has 1 rings (SSSR count). The van der Waals surface area contributed by atoms with E-state index in [-0.39, 0.29) is 13.2 Å². The van der Waals surface area contributed by atoms with Crippen LogP contribution in [-0.4, -0.2) is 99.1 Å². The van der Waals surface area contributed by atoms with Gasteiger partial charge in [-0.2, -0.15) is 0 Å². The van der Waals surface area contributed by atoms with E-state index in [1.54, 1.807) is 0 Å². The van der Waals surface area contributed by atoms with Gasteiger partial charge in [0.1, 0.15) is 25.4 Å². The Kier molecular flexibility index (Phi) is 12.0. The van der Waals surface area contributed by atoms with Crippen LogP contribution in [0.25, 0.3) is 0 Å². The Balaban J connectivity index is 3.54. The standard InChI is InChI=1S/C22H34FNO12/c1-11(25)32-10-15(33-12(2)26)17(34-13(3)27)18-16(24-21(29)31-9-8-30-7)19(35-14(4)28)20(23)22(5,6)36-18/h15-20H,8-10H2,1-7H3,(H,24,29)/t15-,16?,17-,18?,19?,20?/m1/s1. The molecule has 0 bridgehead atoms. The highest BCUT2D eigenvalue weighted by molar-refractivity contribution is 5.70. The fourth-order valence-corrected chi connectivity index (χ4v) is 3.56. The first-order valence-electron chi connectivity index (χ1n) is 11.1. The fourth-order valence-electron chi connectivity index (χ4n) is 3.56. The van der Waals surface area contributed by atoms with E-state index in [0.29, 0.717) is 0 Å². The number of carbonyl (C=O) groups excluding carboxylic acids is 5. The first-order valence-corrected chi connectivity index (χ1v) is 11.1. The van der Waals surface area contributed by atoms with E-state index in [1.165, 1.54) is 21.0 Å². The smallest absolute Gasteiger partial charge is 0.407 e. The van der Waals surface area contributed by atoms with Crippen LogP contribution in [0, 0.1) is 0 Å². The van der Waals surface area contributed by atoms with Crippen LogP contribution in [0.2, 0.25) is 0 Å². The zero-order valence-electron chi connectivity index (χ0n) is 21.4. The van der Waals surface area contributed by atoms with Crippen LogP contribution in [0.3, 0.4) is 0 Å². The summed E-state index contributed by atoms with van der Waals surface area (Å²) >= 11 is 0. The molecule has 1 aliphatic heterocycles. The molecule has 206 valence electrons. The molecule has 1 N–H and O–H groups in total. The monoisotopic (exact) mass is 523 g/mol. The number of rotatable bonds is 11. The number of nitrogens with one attached hydrogen (secondary N) is 1. The maximum Gasteiger partial charge on any atom is 0.407 e. The van der Waals surface area contributed by atoms with Gasteiger partial charge in [-0.05, 0) is 13.8 Å². The molecule has 1 amide bonds. The normalized spacial score (nSPS) is 24.4. The average molecular weight is 524 g/mol. The number of ether oxygens (including phenoxy) is 7. The molecular weight excluding hydrogens is 489 g/mol. The van der Waals surface area contributed by atoms with Crippen LogP contribution in [0.5, 0.6) is 0 Å². The number of halogens is 1. The van der Waals surface area contributed by atoms with E-state index >= 15 is 4.39 Å². The molecule has 1 heterocycles. The Morgan fingerprint density at radius 3 is 2.03 bits per heavy atom. The van der Waals surface area contributed by atoms with Gasteiger partial charge in [0.15, 0.2) is 24.5 Å². The zero-order valence-corrected chi connectivity index (χ0v) is 21.4. The summed E-state index contributed by atoms with van der Waals surface area (Å²) < 4.78 is 51.9. The van der Waals surface area contributed by atoms with Gasteiger partial charge in [0, 0.05) is 34.8 Å². The summed E-state index contributed by atoms with van der Waals surface area (Å²) in [6.07, 6.45) is -9.06. The fraction of sp³-hybridized carbons (Fsp3) is 0.773. The third-order valence-corrected chi connectivity index (χ3v) is 4.97. The summed E-state index contributed by atoms with van der Waals surface area (Å²) in [5.74, 6) is -3.26. The molecule has 1 saturated heterocycles. The molecule has 0 aromatic rings. The van der Waals surface area contributed by atoms with Gasteiger partial charge < -0.3 is 38.5 Å². The SMILES string of the molecule is COCCOC(=O)NC1C(OC(C)=O)C(F)C(C)(C)OC1[C@H](OC(C)=O)[C@@H](COC(C)=O)OC(C)=O. The van der Waals surface area contributed by atoms with Gasteiger partial charge >= 0.3 is 30.0 Å². The van der Waals surface area contributed by atoms with Crippen molar-refractivity contribution >= 4 is 30.0 Å². The Bertz CT molecular complexity index is 804. The molecule has 0 saturated carbocycles. The van der Waals surface area contributed by atoms with Gasteiger partial charge in [-0.25, -0.2) is 9.18 Å². The number of methoxy groups -OCH3 is 1. The van der Waals surface area contributed by atoms with E-state index < -0.39 is 78.8 Å². The van der Waals surface area contributed by atoms with Crippen molar-refractivity contribution < 1.29 is 61.5 Å². The summed E-state index contributed by atoms with van der Waals surface area (Å²) in [5, 5.41) is 2.38.